The number of carbonyl (C=O) groups excluding carboxylic acids is 5. The number of pyridine rings is 1. The van der Waals surface area contributed by atoms with Crippen molar-refractivity contribution in [3.05, 3.63) is 52.3 Å². The monoisotopic (exact) mass is 645 g/mol. The first-order valence-corrected chi connectivity index (χ1v) is 15.7. The molecule has 0 spiro atoms. The van der Waals surface area contributed by atoms with E-state index in [0.29, 0.717) is 36.4 Å². The highest BCUT2D eigenvalue weighted by Gasteiger charge is 2.32. The number of ketones is 1. The Balaban J connectivity index is 0. The number of nitrogens with zero attached hydrogens (tertiary/aromatic N) is 1. The molecule has 12 heteroatoms. The summed E-state index contributed by atoms with van der Waals surface area (Å²) in [5.41, 5.74) is 3.87. The molecule has 0 radical (unpaired) electrons. The molecule has 1 saturated heterocycles. The van der Waals surface area contributed by atoms with Crippen LogP contribution in [0.15, 0.2) is 24.3 Å². The van der Waals surface area contributed by atoms with Gasteiger partial charge in [0.1, 0.15) is 11.8 Å². The second-order valence-corrected chi connectivity index (χ2v) is 12.4. The Morgan fingerprint density at radius 1 is 1.13 bits per heavy atom. The summed E-state index contributed by atoms with van der Waals surface area (Å²) in [5, 5.41) is 11.1. The summed E-state index contributed by atoms with van der Waals surface area (Å²) < 4.78 is 10.7. The smallest absolute Gasteiger partial charge is 0.340 e. The van der Waals surface area contributed by atoms with Crippen molar-refractivity contribution in [2.24, 2.45) is 11.8 Å². The summed E-state index contributed by atoms with van der Waals surface area (Å²) in [6.45, 7) is 11.3. The lowest BCUT2D eigenvalue weighted by Crippen LogP contribution is -2.50. The summed E-state index contributed by atoms with van der Waals surface area (Å²) in [4.78, 5) is 68.4. The molecule has 3 heterocycles. The summed E-state index contributed by atoms with van der Waals surface area (Å²) >= 11 is 0. The molecular weight excluding hydrogens is 590 g/mol. The van der Waals surface area contributed by atoms with Crippen LogP contribution in [0.25, 0.3) is 0 Å². The lowest BCUT2D eigenvalue weighted by atomic mass is 9.90. The highest BCUT2D eigenvalue weighted by Crippen LogP contribution is 2.33. The zero-order valence-electron chi connectivity index (χ0n) is 27.9. The van der Waals surface area contributed by atoms with Crippen LogP contribution in [-0.4, -0.2) is 73.3 Å². The number of amides is 3. The molecule has 0 aliphatic carbocycles. The maximum atomic E-state index is 13.2. The Bertz CT molecular complexity index is 1440. The molecule has 46 heavy (non-hydrogen) atoms. The number of nitrogens with one attached hydrogen (secondary N) is 4. The molecule has 2 aromatic rings. The van der Waals surface area contributed by atoms with Crippen LogP contribution in [0.2, 0.25) is 0 Å². The molecule has 0 saturated carbocycles. The topological polar surface area (TPSA) is 165 Å². The Labute approximate surface area is 276 Å². The van der Waals surface area contributed by atoms with Gasteiger partial charge in [0.2, 0.25) is 17.7 Å². The minimum atomic E-state index is -1.09. The lowest BCUT2D eigenvalue weighted by Gasteiger charge is -2.26. The first-order valence-electron chi connectivity index (χ1n) is 15.7. The van der Waals surface area contributed by atoms with Crippen LogP contribution in [0, 0.1) is 32.6 Å². The number of carbonyl (C=O) groups is 5. The summed E-state index contributed by atoms with van der Waals surface area (Å²) in [7, 11) is 1.56. The van der Waals surface area contributed by atoms with Crippen molar-refractivity contribution in [2.75, 3.05) is 32.1 Å². The van der Waals surface area contributed by atoms with Crippen LogP contribution in [0.1, 0.15) is 78.6 Å². The van der Waals surface area contributed by atoms with Crippen LogP contribution in [-0.2, 0) is 30.3 Å². The number of aromatic nitrogens is 1. The van der Waals surface area contributed by atoms with Crippen LogP contribution in [0.3, 0.4) is 0 Å². The van der Waals surface area contributed by atoms with Crippen molar-refractivity contribution in [3.8, 4) is 5.75 Å². The first kappa shape index (κ1) is 36.0. The number of esters is 1. The van der Waals surface area contributed by atoms with Gasteiger partial charge in [0, 0.05) is 41.5 Å². The van der Waals surface area contributed by atoms with E-state index >= 15 is 0 Å². The number of methoxy groups -OCH3 is 1. The van der Waals surface area contributed by atoms with Gasteiger partial charge < -0.3 is 30.7 Å². The average Bonchev–Trinajstić information content (AvgIpc) is 3.43. The number of aryl methyl sites for hydroxylation is 3. The molecule has 1 fully saturated rings. The second-order valence-electron chi connectivity index (χ2n) is 12.4. The van der Waals surface area contributed by atoms with Gasteiger partial charge in [-0.3, -0.25) is 24.2 Å². The molecule has 0 bridgehead atoms. The minimum absolute atomic E-state index is 0. The maximum Gasteiger partial charge on any atom is 0.340 e. The fourth-order valence-corrected chi connectivity index (χ4v) is 5.50. The number of benzene rings is 1. The molecule has 1 unspecified atom stereocenters. The van der Waals surface area contributed by atoms with E-state index in [2.05, 4.69) is 47.0 Å². The van der Waals surface area contributed by atoms with Gasteiger partial charge in [0.15, 0.2) is 12.4 Å². The highest BCUT2D eigenvalue weighted by molar-refractivity contribution is 5.97. The van der Waals surface area contributed by atoms with Crippen LogP contribution < -0.4 is 26.0 Å². The van der Waals surface area contributed by atoms with E-state index in [1.807, 2.05) is 25.1 Å². The fourth-order valence-electron chi connectivity index (χ4n) is 5.50. The molecule has 3 atom stereocenters. The average molecular weight is 646 g/mol. The number of Topliss-reactive ketones (excluding diaryl/α,β-unsaturated/α-hetero) is 1. The number of hydrogen-bond donors (Lipinski definition) is 4. The highest BCUT2D eigenvalue weighted by atomic mass is 16.5. The zero-order chi connectivity index (χ0) is 34.0. The van der Waals surface area contributed by atoms with E-state index < -0.39 is 42.3 Å². The number of hydrogen-bond acceptors (Lipinski definition) is 9. The fraction of sp³-hybridized carbons (Fsp3) is 0.529. The summed E-state index contributed by atoms with van der Waals surface area (Å²) in [6.07, 6.45) is 1.75. The van der Waals surface area contributed by atoms with Gasteiger partial charge in [-0.15, -0.1) is 0 Å². The first-order chi connectivity index (χ1) is 21.8. The van der Waals surface area contributed by atoms with Crippen LogP contribution in [0.5, 0.6) is 5.75 Å². The van der Waals surface area contributed by atoms with Crippen LogP contribution in [0.4, 0.5) is 5.69 Å². The summed E-state index contributed by atoms with van der Waals surface area (Å²) in [6, 6.07) is 5.55. The Kier molecular flexibility index (Phi) is 13.1. The normalized spacial score (nSPS) is 17.3. The van der Waals surface area contributed by atoms with Crippen molar-refractivity contribution in [1.82, 2.24) is 20.9 Å². The molecule has 1 aromatic carbocycles. The molecule has 258 valence electrons. The van der Waals surface area contributed by atoms with Crippen molar-refractivity contribution in [3.63, 3.8) is 0 Å². The van der Waals surface area contributed by atoms with E-state index in [-0.39, 0.29) is 36.0 Å². The van der Waals surface area contributed by atoms with Crippen molar-refractivity contribution < 1.29 is 39.2 Å². The second kappa shape index (κ2) is 16.7. The zero-order valence-corrected chi connectivity index (χ0v) is 27.9. The Hall–Kier alpha value is -4.48. The largest absolute Gasteiger partial charge is 0.496 e. The molecular formula is C34H55N5O7. The van der Waals surface area contributed by atoms with E-state index in [1.54, 1.807) is 27.0 Å². The van der Waals surface area contributed by atoms with Gasteiger partial charge in [-0.2, -0.15) is 0 Å². The molecule has 12 nitrogen and oxygen atoms in total. The minimum Gasteiger partial charge on any atom is -0.496 e. The number of fused-ring (bicyclic) bond motifs is 1. The van der Waals surface area contributed by atoms with Gasteiger partial charge in [0.05, 0.1) is 31.0 Å². The predicted molar refractivity (Wildman–Crippen MR) is 182 cm³/mol. The van der Waals surface area contributed by atoms with E-state index in [1.165, 1.54) is 0 Å². The quantitative estimate of drug-likeness (QED) is 0.265. The number of ether oxygens (including phenoxy) is 2. The van der Waals surface area contributed by atoms with Gasteiger partial charge >= 0.3 is 5.97 Å². The van der Waals surface area contributed by atoms with Crippen LogP contribution >= 0.6 is 0 Å². The molecule has 3 amide bonds. The number of piperidine rings is 1. The summed E-state index contributed by atoms with van der Waals surface area (Å²) in [5.74, 6) is -1.42. The molecule has 4 N–H and O–H groups in total. The van der Waals surface area contributed by atoms with Gasteiger partial charge in [-0.25, -0.2) is 4.79 Å². The van der Waals surface area contributed by atoms with Gasteiger partial charge in [-0.05, 0) is 69.7 Å². The third-order valence-corrected chi connectivity index (χ3v) is 7.55. The van der Waals surface area contributed by atoms with Crippen molar-refractivity contribution in [2.45, 2.75) is 79.3 Å². The molecule has 4 rings (SSSR count). The van der Waals surface area contributed by atoms with Gasteiger partial charge in [0.25, 0.3) is 0 Å². The lowest BCUT2D eigenvalue weighted by molar-refractivity contribution is -0.132. The predicted octanol–water partition coefficient (Wildman–Crippen LogP) is 3.94. The number of anilines is 1. The number of rotatable bonds is 11. The molecule has 1 aromatic heterocycles. The van der Waals surface area contributed by atoms with E-state index in [0.717, 1.165) is 29.3 Å². The Morgan fingerprint density at radius 3 is 2.50 bits per heavy atom. The molecule has 2 aliphatic rings. The third kappa shape index (κ3) is 10.0. The Morgan fingerprint density at radius 2 is 1.85 bits per heavy atom. The van der Waals surface area contributed by atoms with Gasteiger partial charge in [-0.1, -0.05) is 26.8 Å². The molecule has 2 aliphatic heterocycles. The SMILES string of the molecule is CC(C)C.COc1cccc2c1CC(C(=O)NCC(=O)N[C@@H](C[C@@H]1CCCNC1=O)C(=O)COC(=O)c1c(C)cc(C)nc1C)N2.[HH].[HH].[HH].[HH]. The van der Waals surface area contributed by atoms with E-state index in [9.17, 15) is 24.0 Å². The standard InChI is InChI=1S/C30H37N5O7.C4H10.4H2/c1-16-11-17(2)33-18(3)27(16)30(40)42-15-24(36)22(12-19-7-6-10-31-28(19)38)35-26(37)14-32-29(39)23-13-20-21(34-23)8-5-9-25(20)41-4;1-4(2)3;;;;/h5,8-9,11,19,22-23,34H,6-7,10,12-15H2,1-4H3,(H,31,38)(H,32,39)(H,35,37);4H,1-3H3;4*1H/t19-,22-,23?;;;;;/m0...../s1. The maximum absolute atomic E-state index is 13.2. The van der Waals surface area contributed by atoms with Crippen molar-refractivity contribution in [1.29, 1.82) is 0 Å². The van der Waals surface area contributed by atoms with Crippen molar-refractivity contribution >= 4 is 35.2 Å². The third-order valence-electron chi connectivity index (χ3n) is 7.55. The van der Waals surface area contributed by atoms with E-state index in [4.69, 9.17) is 9.47 Å².